The third-order valence-electron chi connectivity index (χ3n) is 9.62. The third-order valence-corrected chi connectivity index (χ3v) is 9.62. The zero-order valence-electron chi connectivity index (χ0n) is 27.1. The van der Waals surface area contributed by atoms with Crippen LogP contribution in [0.1, 0.15) is 61.8 Å². The summed E-state index contributed by atoms with van der Waals surface area (Å²) in [4.78, 5) is 9.97. The van der Waals surface area contributed by atoms with E-state index in [4.69, 9.17) is 14.7 Å². The van der Waals surface area contributed by atoms with E-state index in [1.165, 1.54) is 40.7 Å². The molecule has 0 radical (unpaired) electrons. The summed E-state index contributed by atoms with van der Waals surface area (Å²) in [5.74, 6) is 1.55. The average molecular weight is 617 g/mol. The number of ether oxygens (including phenoxy) is 1. The number of aromatic hydroxyl groups is 1. The van der Waals surface area contributed by atoms with Crippen LogP contribution in [-0.2, 0) is 5.41 Å². The van der Waals surface area contributed by atoms with Gasteiger partial charge in [-0.05, 0) is 57.9 Å². The zero-order valence-corrected chi connectivity index (χ0v) is 27.1. The highest BCUT2D eigenvalue weighted by Gasteiger charge is 2.46. The van der Waals surface area contributed by atoms with Crippen LogP contribution < -0.4 is 4.74 Å². The summed E-state index contributed by atoms with van der Waals surface area (Å²) >= 11 is 0. The Morgan fingerprint density at radius 2 is 1.28 bits per heavy atom. The molecule has 0 amide bonds. The molecule has 1 aromatic heterocycles. The molecular weight excluding hydrogens is 576 g/mol. The number of aromatic nitrogens is 2. The van der Waals surface area contributed by atoms with Crippen molar-refractivity contribution >= 4 is 0 Å². The van der Waals surface area contributed by atoms with E-state index < -0.39 is 5.41 Å². The Morgan fingerprint density at radius 1 is 0.660 bits per heavy atom. The fourth-order valence-electron chi connectivity index (χ4n) is 7.23. The SMILES string of the molecule is CCCCC(CC)COc1cc(-c2cccc3c2-c2ccccc2C3(c2ccccc2)c2ccccc2)nc(-c2ccccc2O)n1. The third kappa shape index (κ3) is 5.48. The standard InChI is InChI=1S/C43H40N2O2/c1-3-5-17-30(4-2)29-47-40-28-38(44-42(45-40)35-23-13-15-27-39(35)46)34-24-16-26-37-41(34)33-22-12-14-25-36(33)43(37,31-18-8-6-9-19-31)32-20-10-7-11-21-32/h6-16,18-28,30,46H,3-5,17,29H2,1-2H3. The minimum atomic E-state index is -0.509. The topological polar surface area (TPSA) is 55.2 Å². The van der Waals surface area contributed by atoms with Crippen LogP contribution in [-0.4, -0.2) is 21.7 Å². The first-order valence-corrected chi connectivity index (χ1v) is 16.8. The lowest BCUT2D eigenvalue weighted by molar-refractivity contribution is 0.226. The molecule has 1 aliphatic carbocycles. The van der Waals surface area contributed by atoms with E-state index in [1.807, 2.05) is 24.3 Å². The molecule has 1 N–H and O–H groups in total. The van der Waals surface area contributed by atoms with E-state index in [1.54, 1.807) is 6.07 Å². The van der Waals surface area contributed by atoms with Gasteiger partial charge < -0.3 is 9.84 Å². The molecular formula is C43H40N2O2. The van der Waals surface area contributed by atoms with Crippen molar-refractivity contribution in [2.45, 2.75) is 44.9 Å². The molecule has 6 aromatic rings. The van der Waals surface area contributed by atoms with Gasteiger partial charge in [-0.3, -0.25) is 0 Å². The number of phenolic OH excluding ortho intramolecular Hbond substituents is 1. The van der Waals surface area contributed by atoms with E-state index in [2.05, 4.69) is 117 Å². The van der Waals surface area contributed by atoms with Gasteiger partial charge in [0.25, 0.3) is 0 Å². The number of para-hydroxylation sites is 1. The number of benzene rings is 5. The van der Waals surface area contributed by atoms with Crippen molar-refractivity contribution in [1.82, 2.24) is 9.97 Å². The van der Waals surface area contributed by atoms with Gasteiger partial charge in [-0.15, -0.1) is 0 Å². The van der Waals surface area contributed by atoms with Crippen molar-refractivity contribution in [3.05, 3.63) is 156 Å². The van der Waals surface area contributed by atoms with E-state index in [0.717, 1.165) is 29.7 Å². The molecule has 0 aliphatic heterocycles. The van der Waals surface area contributed by atoms with Crippen LogP contribution in [0, 0.1) is 5.92 Å². The zero-order chi connectivity index (χ0) is 32.2. The molecule has 7 rings (SSSR count). The maximum absolute atomic E-state index is 10.9. The molecule has 1 heterocycles. The van der Waals surface area contributed by atoms with Crippen molar-refractivity contribution in [2.24, 2.45) is 5.92 Å². The Bertz CT molecular complexity index is 1950. The molecule has 0 spiro atoms. The van der Waals surface area contributed by atoms with Gasteiger partial charge in [0.05, 0.1) is 23.3 Å². The Labute approximate surface area is 277 Å². The van der Waals surface area contributed by atoms with Crippen molar-refractivity contribution in [1.29, 1.82) is 0 Å². The lowest BCUT2D eigenvalue weighted by atomic mass is 9.67. The maximum atomic E-state index is 10.9. The number of hydrogen-bond donors (Lipinski definition) is 1. The number of unbranched alkanes of at least 4 members (excludes halogenated alkanes) is 1. The molecule has 234 valence electrons. The number of phenols is 1. The first-order valence-electron chi connectivity index (χ1n) is 16.8. The van der Waals surface area contributed by atoms with Gasteiger partial charge in [-0.1, -0.05) is 148 Å². The van der Waals surface area contributed by atoms with Crippen molar-refractivity contribution in [3.63, 3.8) is 0 Å². The average Bonchev–Trinajstić information content (AvgIpc) is 3.44. The molecule has 1 atom stereocenters. The number of fused-ring (bicyclic) bond motifs is 3. The molecule has 0 bridgehead atoms. The number of hydrogen-bond acceptors (Lipinski definition) is 4. The van der Waals surface area contributed by atoms with E-state index >= 15 is 0 Å². The summed E-state index contributed by atoms with van der Waals surface area (Å²) in [5.41, 5.74) is 9.06. The fourth-order valence-corrected chi connectivity index (χ4v) is 7.23. The van der Waals surface area contributed by atoms with Crippen LogP contribution >= 0.6 is 0 Å². The second-order valence-electron chi connectivity index (χ2n) is 12.4. The molecule has 1 unspecified atom stereocenters. The molecule has 0 fully saturated rings. The maximum Gasteiger partial charge on any atom is 0.217 e. The number of nitrogens with zero attached hydrogens (tertiary/aromatic N) is 2. The highest BCUT2D eigenvalue weighted by atomic mass is 16.5. The van der Waals surface area contributed by atoms with Gasteiger partial charge in [0.2, 0.25) is 5.88 Å². The molecule has 1 aliphatic rings. The normalized spacial score (nSPS) is 13.5. The van der Waals surface area contributed by atoms with Crippen molar-refractivity contribution in [2.75, 3.05) is 6.61 Å². The van der Waals surface area contributed by atoms with Crippen LogP contribution in [0.3, 0.4) is 0 Å². The summed E-state index contributed by atoms with van der Waals surface area (Å²) < 4.78 is 6.46. The lowest BCUT2D eigenvalue weighted by Gasteiger charge is -2.33. The number of rotatable bonds is 11. The summed E-state index contributed by atoms with van der Waals surface area (Å²) in [6, 6.07) is 46.1. The largest absolute Gasteiger partial charge is 0.507 e. The van der Waals surface area contributed by atoms with Crippen LogP contribution in [0.25, 0.3) is 33.8 Å². The fraction of sp³-hybridized carbons (Fsp3) is 0.209. The molecule has 4 heteroatoms. The second-order valence-corrected chi connectivity index (χ2v) is 12.4. The van der Waals surface area contributed by atoms with Crippen molar-refractivity contribution in [3.8, 4) is 45.4 Å². The van der Waals surface area contributed by atoms with Gasteiger partial charge in [0.1, 0.15) is 5.75 Å². The smallest absolute Gasteiger partial charge is 0.217 e. The van der Waals surface area contributed by atoms with E-state index in [0.29, 0.717) is 29.8 Å². The predicted molar refractivity (Wildman–Crippen MR) is 191 cm³/mol. The van der Waals surface area contributed by atoms with Crippen molar-refractivity contribution < 1.29 is 9.84 Å². The minimum absolute atomic E-state index is 0.140. The lowest BCUT2D eigenvalue weighted by Crippen LogP contribution is -2.28. The van der Waals surface area contributed by atoms with Gasteiger partial charge in [-0.2, -0.15) is 4.98 Å². The van der Waals surface area contributed by atoms with Crippen LogP contribution in [0.15, 0.2) is 133 Å². The first-order chi connectivity index (χ1) is 23.1. The molecule has 4 nitrogen and oxygen atoms in total. The van der Waals surface area contributed by atoms with Gasteiger partial charge in [0, 0.05) is 11.6 Å². The van der Waals surface area contributed by atoms with E-state index in [9.17, 15) is 5.11 Å². The molecule has 0 saturated carbocycles. The molecule has 0 saturated heterocycles. The van der Waals surface area contributed by atoms with E-state index in [-0.39, 0.29) is 5.75 Å². The Kier molecular flexibility index (Phi) is 8.58. The Hall–Kier alpha value is -5.22. The summed E-state index contributed by atoms with van der Waals surface area (Å²) in [5, 5.41) is 10.9. The Balaban J connectivity index is 1.45. The second kappa shape index (κ2) is 13.3. The quantitative estimate of drug-likeness (QED) is 0.157. The van der Waals surface area contributed by atoms with Gasteiger partial charge in [0.15, 0.2) is 5.82 Å². The van der Waals surface area contributed by atoms with Crippen LogP contribution in [0.5, 0.6) is 11.6 Å². The Morgan fingerprint density at radius 3 is 1.96 bits per heavy atom. The first kappa shape index (κ1) is 30.4. The summed E-state index contributed by atoms with van der Waals surface area (Å²) in [7, 11) is 0. The molecule has 47 heavy (non-hydrogen) atoms. The summed E-state index contributed by atoms with van der Waals surface area (Å²) in [6.45, 7) is 5.04. The highest BCUT2D eigenvalue weighted by Crippen LogP contribution is 2.58. The predicted octanol–water partition coefficient (Wildman–Crippen LogP) is 10.5. The van der Waals surface area contributed by atoms with Gasteiger partial charge >= 0.3 is 0 Å². The monoisotopic (exact) mass is 616 g/mol. The van der Waals surface area contributed by atoms with Crippen LogP contribution in [0.2, 0.25) is 0 Å². The molecule has 5 aromatic carbocycles. The van der Waals surface area contributed by atoms with Crippen LogP contribution in [0.4, 0.5) is 0 Å². The summed E-state index contributed by atoms with van der Waals surface area (Å²) in [6.07, 6.45) is 4.52. The minimum Gasteiger partial charge on any atom is -0.507 e. The highest BCUT2D eigenvalue weighted by molar-refractivity contribution is 5.95. The van der Waals surface area contributed by atoms with Gasteiger partial charge in [-0.25, -0.2) is 4.98 Å².